The Balaban J connectivity index is 1.17. The van der Waals surface area contributed by atoms with Crippen LogP contribution in [0.2, 0.25) is 0 Å². The Hall–Kier alpha value is -3.48. The molecule has 0 saturated heterocycles. The van der Waals surface area contributed by atoms with Crippen LogP contribution in [0.15, 0.2) is 45.6 Å². The van der Waals surface area contributed by atoms with Crippen LogP contribution < -0.4 is 15.5 Å². The van der Waals surface area contributed by atoms with Gasteiger partial charge in [0.25, 0.3) is 5.91 Å². The predicted octanol–water partition coefficient (Wildman–Crippen LogP) is 4.55. The van der Waals surface area contributed by atoms with Crippen LogP contribution in [-0.2, 0) is 4.79 Å². The third-order valence-corrected chi connectivity index (χ3v) is 7.21. The quantitative estimate of drug-likeness (QED) is 0.520. The number of carbonyl (C=O) groups excluding carboxylic acids is 2. The molecule has 6 nitrogen and oxygen atoms in total. The molecule has 3 aromatic rings. The van der Waals surface area contributed by atoms with Gasteiger partial charge in [-0.2, -0.15) is 0 Å². The first-order valence-electron chi connectivity index (χ1n) is 11.4. The standard InChI is InChI=1S/C27H26FNO5/c1-15-4-5-18(8-20(15)28)33-11-25(32)29-27-12-26(13-27,14-27)10-22(31)24-9-21(30)19-6-16(2)17(3)7-23(19)34-24/h4-9H,10-14H2,1-3H3,(H,29,32). The maximum Gasteiger partial charge on any atom is 0.258 e. The number of hydrogen-bond acceptors (Lipinski definition) is 5. The van der Waals surface area contributed by atoms with Gasteiger partial charge in [-0.1, -0.05) is 6.07 Å². The molecule has 1 amide bonds. The van der Waals surface area contributed by atoms with E-state index in [-0.39, 0.29) is 52.7 Å². The topological polar surface area (TPSA) is 85.6 Å². The second-order valence-electron chi connectivity index (χ2n) is 10.1. The van der Waals surface area contributed by atoms with E-state index in [9.17, 15) is 18.8 Å². The minimum Gasteiger partial charge on any atom is -0.484 e. The van der Waals surface area contributed by atoms with Crippen LogP contribution in [0, 0.1) is 32.0 Å². The van der Waals surface area contributed by atoms with Crippen molar-refractivity contribution in [2.75, 3.05) is 6.61 Å². The van der Waals surface area contributed by atoms with Crippen molar-refractivity contribution < 1.29 is 23.1 Å². The van der Waals surface area contributed by atoms with Crippen LogP contribution in [0.25, 0.3) is 11.0 Å². The molecule has 2 bridgehead atoms. The summed E-state index contributed by atoms with van der Waals surface area (Å²) in [5.74, 6) is -0.452. The van der Waals surface area contributed by atoms with Gasteiger partial charge in [-0.15, -0.1) is 0 Å². The van der Waals surface area contributed by atoms with Crippen LogP contribution in [0.3, 0.4) is 0 Å². The molecule has 0 atom stereocenters. The number of hydrogen-bond donors (Lipinski definition) is 1. The lowest BCUT2D eigenvalue weighted by molar-refractivity contribution is -0.164. The van der Waals surface area contributed by atoms with Gasteiger partial charge in [0.05, 0.1) is 5.39 Å². The van der Waals surface area contributed by atoms with Gasteiger partial charge in [0.1, 0.15) is 17.1 Å². The molecule has 0 radical (unpaired) electrons. The Labute approximate surface area is 196 Å². The Morgan fingerprint density at radius 2 is 1.74 bits per heavy atom. The molecule has 0 aliphatic heterocycles. The summed E-state index contributed by atoms with van der Waals surface area (Å²) in [4.78, 5) is 37.7. The number of carbonyl (C=O) groups is 2. The van der Waals surface area contributed by atoms with E-state index in [1.807, 2.05) is 13.8 Å². The van der Waals surface area contributed by atoms with E-state index in [2.05, 4.69) is 5.32 Å². The number of Topliss-reactive ketones (excluding diaryl/α,β-unsaturated/α-hetero) is 1. The fourth-order valence-electron chi connectivity index (χ4n) is 5.44. The summed E-state index contributed by atoms with van der Waals surface area (Å²) in [6.45, 7) is 5.32. The van der Waals surface area contributed by atoms with E-state index in [4.69, 9.17) is 9.15 Å². The van der Waals surface area contributed by atoms with E-state index < -0.39 is 0 Å². The van der Waals surface area contributed by atoms with Gasteiger partial charge in [-0.25, -0.2) is 4.39 Å². The summed E-state index contributed by atoms with van der Waals surface area (Å²) in [6.07, 6.45) is 2.38. The lowest BCUT2D eigenvalue weighted by Gasteiger charge is -2.70. The zero-order chi connectivity index (χ0) is 24.3. The highest BCUT2D eigenvalue weighted by Gasteiger charge is 2.68. The fourth-order valence-corrected chi connectivity index (χ4v) is 5.44. The molecule has 3 fully saturated rings. The summed E-state index contributed by atoms with van der Waals surface area (Å²) in [5.41, 5.74) is 2.24. The first kappa shape index (κ1) is 22.3. The molecule has 1 heterocycles. The van der Waals surface area contributed by atoms with E-state index in [1.165, 1.54) is 12.1 Å². The molecule has 2 aromatic carbocycles. The average Bonchev–Trinajstić information content (AvgIpc) is 2.73. The summed E-state index contributed by atoms with van der Waals surface area (Å²) in [7, 11) is 0. The first-order valence-corrected chi connectivity index (χ1v) is 11.4. The summed E-state index contributed by atoms with van der Waals surface area (Å²) < 4.78 is 24.8. The van der Waals surface area contributed by atoms with E-state index >= 15 is 0 Å². The van der Waals surface area contributed by atoms with Gasteiger partial charge in [0.2, 0.25) is 0 Å². The van der Waals surface area contributed by atoms with Gasteiger partial charge in [0.15, 0.2) is 23.6 Å². The second kappa shape index (κ2) is 7.79. The molecule has 3 aliphatic rings. The number of ether oxygens (including phenoxy) is 1. The third kappa shape index (κ3) is 3.89. The van der Waals surface area contributed by atoms with Crippen LogP contribution in [0.4, 0.5) is 4.39 Å². The lowest BCUT2D eigenvalue weighted by atomic mass is 9.38. The number of fused-ring (bicyclic) bond motifs is 1. The second-order valence-corrected chi connectivity index (χ2v) is 10.1. The number of nitrogens with one attached hydrogen (secondary N) is 1. The van der Waals surface area contributed by atoms with Crippen molar-refractivity contribution in [2.45, 2.75) is 52.0 Å². The normalized spacial score (nSPS) is 22.6. The smallest absolute Gasteiger partial charge is 0.258 e. The highest BCUT2D eigenvalue weighted by Crippen LogP contribution is 2.69. The van der Waals surface area contributed by atoms with Gasteiger partial charge in [0, 0.05) is 24.1 Å². The fraction of sp³-hybridized carbons (Fsp3) is 0.370. The number of ketones is 1. The zero-order valence-corrected chi connectivity index (χ0v) is 19.4. The molecule has 6 rings (SSSR count). The highest BCUT2D eigenvalue weighted by atomic mass is 19.1. The molecule has 1 N–H and O–H groups in total. The van der Waals surface area contributed by atoms with Gasteiger partial charge >= 0.3 is 0 Å². The molecule has 176 valence electrons. The number of amides is 1. The van der Waals surface area contributed by atoms with Crippen molar-refractivity contribution >= 4 is 22.7 Å². The molecule has 0 unspecified atom stereocenters. The minimum atomic E-state index is -0.378. The third-order valence-electron chi connectivity index (χ3n) is 7.21. The molecule has 7 heteroatoms. The Bertz CT molecular complexity index is 1390. The highest BCUT2D eigenvalue weighted by molar-refractivity contribution is 5.96. The molecule has 0 spiro atoms. The van der Waals surface area contributed by atoms with Gasteiger partial charge < -0.3 is 14.5 Å². The van der Waals surface area contributed by atoms with E-state index in [0.717, 1.165) is 11.1 Å². The predicted molar refractivity (Wildman–Crippen MR) is 125 cm³/mol. The Morgan fingerprint density at radius 3 is 2.44 bits per heavy atom. The average molecular weight is 464 g/mol. The maximum atomic E-state index is 13.6. The van der Waals surface area contributed by atoms with Crippen LogP contribution in [-0.4, -0.2) is 23.8 Å². The molecule has 1 aromatic heterocycles. The van der Waals surface area contributed by atoms with Gasteiger partial charge in [-0.05, 0) is 80.3 Å². The molecular formula is C27H26FNO5. The van der Waals surface area contributed by atoms with Crippen molar-refractivity contribution in [3.63, 3.8) is 0 Å². The summed E-state index contributed by atoms with van der Waals surface area (Å²) in [5, 5.41) is 3.47. The Kier molecular flexibility index (Phi) is 5.11. The Morgan fingerprint density at radius 1 is 1.03 bits per heavy atom. The van der Waals surface area contributed by atoms with E-state index in [0.29, 0.717) is 41.5 Å². The van der Waals surface area contributed by atoms with Crippen LogP contribution in [0.5, 0.6) is 5.75 Å². The monoisotopic (exact) mass is 463 g/mol. The lowest BCUT2D eigenvalue weighted by Crippen LogP contribution is -2.75. The number of aryl methyl sites for hydroxylation is 3. The van der Waals surface area contributed by atoms with Gasteiger partial charge in [-0.3, -0.25) is 14.4 Å². The van der Waals surface area contributed by atoms with Crippen molar-refractivity contribution in [3.8, 4) is 5.75 Å². The summed E-state index contributed by atoms with van der Waals surface area (Å²) in [6, 6.07) is 9.36. The number of benzene rings is 2. The summed E-state index contributed by atoms with van der Waals surface area (Å²) >= 11 is 0. The SMILES string of the molecule is Cc1cc2oc(C(=O)CC34CC(NC(=O)COc5ccc(C)c(F)c5)(C3)C4)cc(=O)c2cc1C. The zero-order valence-electron chi connectivity index (χ0n) is 19.4. The largest absolute Gasteiger partial charge is 0.484 e. The maximum absolute atomic E-state index is 13.6. The van der Waals surface area contributed by atoms with Crippen molar-refractivity contribution in [2.24, 2.45) is 5.41 Å². The number of rotatable bonds is 7. The molecule has 3 saturated carbocycles. The molecular weight excluding hydrogens is 437 g/mol. The minimum absolute atomic E-state index is 0.0855. The van der Waals surface area contributed by atoms with Crippen LogP contribution in [0.1, 0.15) is 52.9 Å². The van der Waals surface area contributed by atoms with E-state index in [1.54, 1.807) is 31.2 Å². The molecule has 3 aliphatic carbocycles. The molecule has 34 heavy (non-hydrogen) atoms. The first-order chi connectivity index (χ1) is 16.1. The van der Waals surface area contributed by atoms with Crippen molar-refractivity contribution in [3.05, 3.63) is 74.9 Å². The van der Waals surface area contributed by atoms with Crippen LogP contribution >= 0.6 is 0 Å². The van der Waals surface area contributed by atoms with Crippen molar-refractivity contribution in [1.29, 1.82) is 0 Å². The number of halogens is 1. The van der Waals surface area contributed by atoms with Crippen molar-refractivity contribution in [1.82, 2.24) is 5.32 Å².